The lowest BCUT2D eigenvalue weighted by molar-refractivity contribution is -0.116. The number of aromatic carboxylic acids is 1. The molecular formula is C16H16N2O4. The molecule has 0 radical (unpaired) electrons. The maximum atomic E-state index is 11.7. The first-order valence-corrected chi connectivity index (χ1v) is 6.68. The van der Waals surface area contributed by atoms with Gasteiger partial charge in [0.15, 0.2) is 0 Å². The molecule has 0 saturated carbocycles. The molecule has 1 aromatic carbocycles. The first kappa shape index (κ1) is 15.5. The van der Waals surface area contributed by atoms with Crippen molar-refractivity contribution in [2.75, 3.05) is 0 Å². The number of rotatable bonds is 5. The van der Waals surface area contributed by atoms with Gasteiger partial charge < -0.3 is 14.8 Å². The number of benzene rings is 1. The summed E-state index contributed by atoms with van der Waals surface area (Å²) in [5.74, 6) is -0.0681. The number of carbonyl (C=O) groups excluding carboxylic acids is 1. The lowest BCUT2D eigenvalue weighted by Crippen LogP contribution is -2.20. The van der Waals surface area contributed by atoms with Crippen molar-refractivity contribution in [3.8, 4) is 0 Å². The monoisotopic (exact) mass is 300 g/mol. The highest BCUT2D eigenvalue weighted by Gasteiger charge is 2.06. The first-order chi connectivity index (χ1) is 10.5. The Morgan fingerprint density at radius 1 is 1.27 bits per heavy atom. The van der Waals surface area contributed by atoms with Crippen molar-refractivity contribution < 1.29 is 19.1 Å². The summed E-state index contributed by atoms with van der Waals surface area (Å²) in [5.41, 5.74) is 1.75. The van der Waals surface area contributed by atoms with Crippen LogP contribution < -0.4 is 5.32 Å². The molecule has 1 heterocycles. The number of carboxylic acids is 1. The standard InChI is InChI=1S/C16H16N2O4/c1-10-11(2)22-15(18-10)9-17-14(19)8-5-12-3-6-13(7-4-12)16(20)21/h3-8H,9H2,1-2H3,(H,17,19)(H,20,21). The molecule has 0 aliphatic heterocycles. The molecule has 0 saturated heterocycles. The first-order valence-electron chi connectivity index (χ1n) is 6.68. The van der Waals surface area contributed by atoms with Crippen LogP contribution in [0.2, 0.25) is 0 Å². The number of amides is 1. The Kier molecular flexibility index (Phi) is 4.73. The van der Waals surface area contributed by atoms with Crippen molar-refractivity contribution >= 4 is 18.0 Å². The van der Waals surface area contributed by atoms with Gasteiger partial charge >= 0.3 is 5.97 Å². The lowest BCUT2D eigenvalue weighted by atomic mass is 10.1. The second-order valence-corrected chi connectivity index (χ2v) is 4.73. The summed E-state index contributed by atoms with van der Waals surface area (Å²) < 4.78 is 5.36. The number of hydrogen-bond acceptors (Lipinski definition) is 4. The molecular weight excluding hydrogens is 284 g/mol. The molecule has 6 nitrogen and oxygen atoms in total. The van der Waals surface area contributed by atoms with Crippen LogP contribution in [0.3, 0.4) is 0 Å². The molecule has 0 spiro atoms. The van der Waals surface area contributed by atoms with Crippen molar-refractivity contribution in [2.24, 2.45) is 0 Å². The third kappa shape index (κ3) is 4.05. The van der Waals surface area contributed by atoms with E-state index in [4.69, 9.17) is 9.52 Å². The predicted octanol–water partition coefficient (Wildman–Crippen LogP) is 2.32. The third-order valence-corrected chi connectivity index (χ3v) is 3.07. The fourth-order valence-corrected chi connectivity index (χ4v) is 1.75. The highest BCUT2D eigenvalue weighted by molar-refractivity contribution is 5.92. The smallest absolute Gasteiger partial charge is 0.335 e. The normalized spacial score (nSPS) is 10.8. The van der Waals surface area contributed by atoms with E-state index in [0.717, 1.165) is 17.0 Å². The van der Waals surface area contributed by atoms with Gasteiger partial charge in [-0.1, -0.05) is 12.1 Å². The Morgan fingerprint density at radius 3 is 2.50 bits per heavy atom. The van der Waals surface area contributed by atoms with E-state index >= 15 is 0 Å². The highest BCUT2D eigenvalue weighted by atomic mass is 16.4. The molecule has 114 valence electrons. The summed E-state index contributed by atoms with van der Waals surface area (Å²) in [4.78, 5) is 26.6. The largest absolute Gasteiger partial charge is 0.478 e. The summed E-state index contributed by atoms with van der Waals surface area (Å²) in [6, 6.07) is 6.23. The van der Waals surface area contributed by atoms with Crippen molar-refractivity contribution in [3.05, 3.63) is 58.8 Å². The van der Waals surface area contributed by atoms with E-state index in [1.807, 2.05) is 13.8 Å². The molecule has 0 fully saturated rings. The minimum absolute atomic E-state index is 0.205. The van der Waals surface area contributed by atoms with Gasteiger partial charge in [-0.2, -0.15) is 0 Å². The van der Waals surface area contributed by atoms with Crippen molar-refractivity contribution in [3.63, 3.8) is 0 Å². The molecule has 0 atom stereocenters. The van der Waals surface area contributed by atoms with E-state index in [1.54, 1.807) is 18.2 Å². The number of carboxylic acid groups (broad SMARTS) is 1. The van der Waals surface area contributed by atoms with Gasteiger partial charge in [0.25, 0.3) is 0 Å². The predicted molar refractivity (Wildman–Crippen MR) is 80.3 cm³/mol. The molecule has 6 heteroatoms. The Balaban J connectivity index is 1.89. The zero-order chi connectivity index (χ0) is 16.1. The molecule has 0 aliphatic rings. The van der Waals surface area contributed by atoms with Crippen LogP contribution in [0.5, 0.6) is 0 Å². The molecule has 0 bridgehead atoms. The molecule has 0 aliphatic carbocycles. The molecule has 2 aromatic rings. The summed E-state index contributed by atoms with van der Waals surface area (Å²) in [5, 5.41) is 11.5. The van der Waals surface area contributed by atoms with Crippen LogP contribution in [0.25, 0.3) is 6.08 Å². The van der Waals surface area contributed by atoms with E-state index in [2.05, 4.69) is 10.3 Å². The second kappa shape index (κ2) is 6.71. The summed E-state index contributed by atoms with van der Waals surface area (Å²) >= 11 is 0. The minimum atomic E-state index is -0.982. The maximum Gasteiger partial charge on any atom is 0.335 e. The van der Waals surface area contributed by atoms with E-state index in [-0.39, 0.29) is 18.0 Å². The van der Waals surface area contributed by atoms with Gasteiger partial charge in [0.05, 0.1) is 17.8 Å². The zero-order valence-electron chi connectivity index (χ0n) is 12.3. The van der Waals surface area contributed by atoms with Crippen molar-refractivity contribution in [2.45, 2.75) is 20.4 Å². The molecule has 2 N–H and O–H groups in total. The second-order valence-electron chi connectivity index (χ2n) is 4.73. The van der Waals surface area contributed by atoms with Crippen LogP contribution in [0.15, 0.2) is 34.8 Å². The molecule has 1 aromatic heterocycles. The van der Waals surface area contributed by atoms with E-state index in [1.165, 1.54) is 18.2 Å². The van der Waals surface area contributed by atoms with Crippen LogP contribution >= 0.6 is 0 Å². The average molecular weight is 300 g/mol. The van der Waals surface area contributed by atoms with Crippen LogP contribution in [0, 0.1) is 13.8 Å². The number of aromatic nitrogens is 1. The minimum Gasteiger partial charge on any atom is -0.478 e. The van der Waals surface area contributed by atoms with Gasteiger partial charge in [0.1, 0.15) is 5.76 Å². The van der Waals surface area contributed by atoms with Crippen molar-refractivity contribution in [1.29, 1.82) is 0 Å². The number of nitrogens with zero attached hydrogens (tertiary/aromatic N) is 1. The van der Waals surface area contributed by atoms with E-state index in [9.17, 15) is 9.59 Å². The maximum absolute atomic E-state index is 11.7. The lowest BCUT2D eigenvalue weighted by Gasteiger charge is -1.98. The van der Waals surface area contributed by atoms with Crippen molar-refractivity contribution in [1.82, 2.24) is 10.3 Å². The highest BCUT2D eigenvalue weighted by Crippen LogP contribution is 2.08. The summed E-state index contributed by atoms with van der Waals surface area (Å²) in [6.07, 6.45) is 2.98. The van der Waals surface area contributed by atoms with Crippen LogP contribution in [0.4, 0.5) is 0 Å². The van der Waals surface area contributed by atoms with Crippen LogP contribution in [-0.2, 0) is 11.3 Å². The molecule has 0 unspecified atom stereocenters. The van der Waals surface area contributed by atoms with Gasteiger partial charge in [-0.3, -0.25) is 4.79 Å². The number of aryl methyl sites for hydroxylation is 2. The van der Waals surface area contributed by atoms with Gasteiger partial charge in [-0.05, 0) is 37.6 Å². The van der Waals surface area contributed by atoms with Gasteiger partial charge in [-0.25, -0.2) is 9.78 Å². The Labute approximate surface area is 127 Å². The van der Waals surface area contributed by atoms with E-state index in [0.29, 0.717) is 5.89 Å². The van der Waals surface area contributed by atoms with Crippen LogP contribution in [0.1, 0.15) is 33.3 Å². The number of nitrogens with one attached hydrogen (secondary N) is 1. The zero-order valence-corrected chi connectivity index (χ0v) is 12.3. The fraction of sp³-hybridized carbons (Fsp3) is 0.188. The van der Waals surface area contributed by atoms with Crippen LogP contribution in [-0.4, -0.2) is 22.0 Å². The number of hydrogen-bond donors (Lipinski definition) is 2. The Hall–Kier alpha value is -2.89. The Morgan fingerprint density at radius 2 is 1.95 bits per heavy atom. The molecule has 22 heavy (non-hydrogen) atoms. The molecule has 1 amide bonds. The fourth-order valence-electron chi connectivity index (χ4n) is 1.75. The quantitative estimate of drug-likeness (QED) is 0.827. The number of oxazole rings is 1. The third-order valence-electron chi connectivity index (χ3n) is 3.07. The molecule has 2 rings (SSSR count). The number of carbonyl (C=O) groups is 2. The SMILES string of the molecule is Cc1nc(CNC(=O)C=Cc2ccc(C(=O)O)cc2)oc1C. The van der Waals surface area contributed by atoms with E-state index < -0.39 is 5.97 Å². The van der Waals surface area contributed by atoms with Gasteiger partial charge in [-0.15, -0.1) is 0 Å². The van der Waals surface area contributed by atoms with Gasteiger partial charge in [0, 0.05) is 6.08 Å². The average Bonchev–Trinajstić information content (AvgIpc) is 2.82. The van der Waals surface area contributed by atoms with Gasteiger partial charge in [0.2, 0.25) is 11.8 Å². The summed E-state index contributed by atoms with van der Waals surface area (Å²) in [6.45, 7) is 3.87. The Bertz CT molecular complexity index is 695. The summed E-state index contributed by atoms with van der Waals surface area (Å²) in [7, 11) is 0. The topological polar surface area (TPSA) is 92.4 Å².